The molecule has 0 saturated heterocycles. The average Bonchev–Trinajstić information content (AvgIpc) is 2.63. The molecule has 1 atom stereocenters. The third-order valence-electron chi connectivity index (χ3n) is 3.59. The summed E-state index contributed by atoms with van der Waals surface area (Å²) in [5.41, 5.74) is 7.67. The topological polar surface area (TPSA) is 12.0 Å². The third-order valence-corrected chi connectivity index (χ3v) is 3.59. The fourth-order valence-corrected chi connectivity index (χ4v) is 2.78. The Balaban J connectivity index is 2.10. The molecular weight excluding hydrogens is 218 g/mol. The van der Waals surface area contributed by atoms with E-state index in [1.54, 1.807) is 0 Å². The molecule has 0 aromatic heterocycles. The van der Waals surface area contributed by atoms with Crippen molar-refractivity contribution in [1.29, 1.82) is 0 Å². The lowest BCUT2D eigenvalue weighted by Crippen LogP contribution is -1.95. The van der Waals surface area contributed by atoms with Crippen LogP contribution in [0.3, 0.4) is 0 Å². The van der Waals surface area contributed by atoms with Gasteiger partial charge in [0.1, 0.15) is 0 Å². The van der Waals surface area contributed by atoms with E-state index in [2.05, 4.69) is 61.3 Å². The van der Waals surface area contributed by atoms with Gasteiger partial charge in [-0.05, 0) is 41.3 Å². The van der Waals surface area contributed by atoms with Crippen molar-refractivity contribution in [3.63, 3.8) is 0 Å². The van der Waals surface area contributed by atoms with Gasteiger partial charge in [-0.25, -0.2) is 0 Å². The van der Waals surface area contributed by atoms with Gasteiger partial charge < -0.3 is 5.32 Å². The molecule has 2 aromatic carbocycles. The average molecular weight is 235 g/mol. The Labute approximate surface area is 108 Å². The van der Waals surface area contributed by atoms with Crippen molar-refractivity contribution in [2.45, 2.75) is 19.8 Å². The Kier molecular flexibility index (Phi) is 2.48. The molecule has 1 heteroatoms. The minimum Gasteiger partial charge on any atom is -0.360 e. The number of anilines is 1. The zero-order chi connectivity index (χ0) is 12.7. The fourth-order valence-electron chi connectivity index (χ4n) is 2.78. The minimum atomic E-state index is 0.475. The van der Waals surface area contributed by atoms with Crippen molar-refractivity contribution in [2.24, 2.45) is 0 Å². The van der Waals surface area contributed by atoms with Crippen molar-refractivity contribution in [2.75, 3.05) is 5.32 Å². The molecule has 0 aliphatic heterocycles. The summed E-state index contributed by atoms with van der Waals surface area (Å²) in [6.07, 6.45) is 0. The summed E-state index contributed by atoms with van der Waals surface area (Å²) in [4.78, 5) is 0. The molecule has 0 spiro atoms. The van der Waals surface area contributed by atoms with Gasteiger partial charge in [-0.2, -0.15) is 0 Å². The number of allylic oxidation sites excluding steroid dienone is 1. The number of fused-ring (bicyclic) bond motifs is 3. The van der Waals surface area contributed by atoms with Crippen LogP contribution in [0.25, 0.3) is 11.1 Å². The number of hydrogen-bond donors (Lipinski definition) is 1. The van der Waals surface area contributed by atoms with E-state index in [4.69, 9.17) is 0 Å². The first kappa shape index (κ1) is 11.1. The van der Waals surface area contributed by atoms with Crippen LogP contribution in [0.4, 0.5) is 5.69 Å². The smallest absolute Gasteiger partial charge is 0.0384 e. The molecule has 0 heterocycles. The Morgan fingerprint density at radius 1 is 1.06 bits per heavy atom. The summed E-state index contributed by atoms with van der Waals surface area (Å²) >= 11 is 0. The number of rotatable bonds is 2. The lowest BCUT2D eigenvalue weighted by atomic mass is 9.99. The van der Waals surface area contributed by atoms with Gasteiger partial charge in [0.25, 0.3) is 0 Å². The second kappa shape index (κ2) is 4.02. The van der Waals surface area contributed by atoms with Gasteiger partial charge in [-0.1, -0.05) is 43.8 Å². The molecule has 0 amide bonds. The molecule has 0 radical (unpaired) electrons. The molecule has 0 bridgehead atoms. The monoisotopic (exact) mass is 235 g/mol. The number of hydrogen-bond acceptors (Lipinski definition) is 1. The van der Waals surface area contributed by atoms with Crippen LogP contribution in [0.1, 0.15) is 30.9 Å². The quantitative estimate of drug-likeness (QED) is 0.791. The molecule has 1 aliphatic rings. The summed E-state index contributed by atoms with van der Waals surface area (Å²) < 4.78 is 0. The van der Waals surface area contributed by atoms with Gasteiger partial charge in [0.15, 0.2) is 0 Å². The molecule has 1 nitrogen and oxygen atoms in total. The van der Waals surface area contributed by atoms with Crippen molar-refractivity contribution >= 4 is 5.69 Å². The predicted molar refractivity (Wildman–Crippen MR) is 77.8 cm³/mol. The third kappa shape index (κ3) is 1.63. The maximum Gasteiger partial charge on any atom is 0.0384 e. The van der Waals surface area contributed by atoms with Gasteiger partial charge in [0, 0.05) is 17.3 Å². The minimum absolute atomic E-state index is 0.475. The van der Waals surface area contributed by atoms with E-state index in [-0.39, 0.29) is 0 Å². The highest BCUT2D eigenvalue weighted by molar-refractivity contribution is 5.80. The molecule has 1 N–H and O–H groups in total. The first-order chi connectivity index (χ1) is 8.66. The highest BCUT2D eigenvalue weighted by Crippen LogP contribution is 2.45. The van der Waals surface area contributed by atoms with Crippen molar-refractivity contribution < 1.29 is 0 Å². The fraction of sp³-hybridized carbons (Fsp3) is 0.176. The first-order valence-electron chi connectivity index (χ1n) is 6.32. The summed E-state index contributed by atoms with van der Waals surface area (Å²) in [6, 6.07) is 15.3. The molecule has 1 aliphatic carbocycles. The highest BCUT2D eigenvalue weighted by atomic mass is 14.9. The van der Waals surface area contributed by atoms with Gasteiger partial charge >= 0.3 is 0 Å². The normalized spacial score (nSPS) is 16.0. The number of benzene rings is 2. The van der Waals surface area contributed by atoms with Gasteiger partial charge in [0.05, 0.1) is 0 Å². The van der Waals surface area contributed by atoms with Crippen LogP contribution in [0.2, 0.25) is 0 Å². The summed E-state index contributed by atoms with van der Waals surface area (Å²) in [5, 5.41) is 3.29. The van der Waals surface area contributed by atoms with Crippen molar-refractivity contribution in [1.82, 2.24) is 0 Å². The Morgan fingerprint density at radius 3 is 2.56 bits per heavy atom. The Bertz CT molecular complexity index is 625. The number of nitrogens with one attached hydrogen (secondary N) is 1. The van der Waals surface area contributed by atoms with Crippen LogP contribution in [0.5, 0.6) is 0 Å². The second-order valence-electron chi connectivity index (χ2n) is 5.02. The molecule has 0 fully saturated rings. The SMILES string of the molecule is C=C(C)Nc1ccc2c(c1)C(C)c1ccccc1-2. The molecule has 1 unspecified atom stereocenters. The largest absolute Gasteiger partial charge is 0.360 e. The molecule has 3 rings (SSSR count). The standard InChI is InChI=1S/C17H17N/c1-11(2)18-13-8-9-16-15-7-5-4-6-14(15)12(3)17(16)10-13/h4-10,12,18H,1H2,2-3H3. The van der Waals surface area contributed by atoms with Gasteiger partial charge in [-0.3, -0.25) is 0 Å². The summed E-state index contributed by atoms with van der Waals surface area (Å²) in [7, 11) is 0. The van der Waals surface area contributed by atoms with E-state index in [1.807, 2.05) is 6.92 Å². The predicted octanol–water partition coefficient (Wildman–Crippen LogP) is 4.76. The highest BCUT2D eigenvalue weighted by Gasteiger charge is 2.24. The maximum absolute atomic E-state index is 3.89. The van der Waals surface area contributed by atoms with Crippen LogP contribution in [-0.2, 0) is 0 Å². The Morgan fingerprint density at radius 2 is 1.78 bits per heavy atom. The Hall–Kier alpha value is -2.02. The van der Waals surface area contributed by atoms with E-state index in [0.29, 0.717) is 5.92 Å². The first-order valence-corrected chi connectivity index (χ1v) is 6.32. The van der Waals surface area contributed by atoms with E-state index in [0.717, 1.165) is 11.4 Å². The zero-order valence-corrected chi connectivity index (χ0v) is 10.8. The lowest BCUT2D eigenvalue weighted by Gasteiger charge is -2.10. The van der Waals surface area contributed by atoms with Crippen molar-refractivity contribution in [3.05, 3.63) is 65.9 Å². The van der Waals surface area contributed by atoms with Crippen LogP contribution < -0.4 is 5.32 Å². The van der Waals surface area contributed by atoms with Gasteiger partial charge in [0.2, 0.25) is 0 Å². The van der Waals surface area contributed by atoms with Crippen LogP contribution in [0.15, 0.2) is 54.7 Å². The van der Waals surface area contributed by atoms with Crippen molar-refractivity contribution in [3.8, 4) is 11.1 Å². The molecule has 18 heavy (non-hydrogen) atoms. The van der Waals surface area contributed by atoms with E-state index < -0.39 is 0 Å². The summed E-state index contributed by atoms with van der Waals surface area (Å²) in [6.45, 7) is 8.14. The van der Waals surface area contributed by atoms with Crippen LogP contribution in [-0.4, -0.2) is 0 Å². The van der Waals surface area contributed by atoms with E-state index >= 15 is 0 Å². The maximum atomic E-state index is 3.89. The molecular formula is C17H17N. The van der Waals surface area contributed by atoms with Gasteiger partial charge in [-0.15, -0.1) is 0 Å². The molecule has 0 saturated carbocycles. The zero-order valence-electron chi connectivity index (χ0n) is 10.8. The lowest BCUT2D eigenvalue weighted by molar-refractivity contribution is 0.957. The van der Waals surface area contributed by atoms with E-state index in [9.17, 15) is 0 Å². The molecule has 90 valence electrons. The van der Waals surface area contributed by atoms with Crippen LogP contribution >= 0.6 is 0 Å². The molecule has 2 aromatic rings. The van der Waals surface area contributed by atoms with Crippen LogP contribution in [0, 0.1) is 0 Å². The van der Waals surface area contributed by atoms with E-state index in [1.165, 1.54) is 22.3 Å². The summed E-state index contributed by atoms with van der Waals surface area (Å²) in [5.74, 6) is 0.475. The second-order valence-corrected chi connectivity index (χ2v) is 5.02.